The van der Waals surface area contributed by atoms with Gasteiger partial charge in [-0.05, 0) is 124 Å². The molecule has 0 unspecified atom stereocenters. The van der Waals surface area contributed by atoms with Crippen LogP contribution in [0.3, 0.4) is 0 Å². The second-order valence-electron chi connectivity index (χ2n) is 15.0. The number of allylic oxidation sites excluding steroid dienone is 3. The Morgan fingerprint density at radius 3 is 1.56 bits per heavy atom. The second-order valence-corrected chi connectivity index (χ2v) is 15.0. The van der Waals surface area contributed by atoms with Crippen molar-refractivity contribution in [3.8, 4) is 11.1 Å². The predicted molar refractivity (Wildman–Crippen MR) is 233 cm³/mol. The van der Waals surface area contributed by atoms with Crippen molar-refractivity contribution in [1.82, 2.24) is 0 Å². The number of hydrogen-bond donors (Lipinski definition) is 0. The Morgan fingerprint density at radius 2 is 0.944 bits per heavy atom. The average Bonchev–Trinajstić information content (AvgIpc) is 3.22. The zero-order valence-corrected chi connectivity index (χ0v) is 31.4. The largest absolute Gasteiger partial charge is 0.311 e. The third kappa shape index (κ3) is 7.70. The highest BCUT2D eigenvalue weighted by molar-refractivity contribution is 5.89. The highest BCUT2D eigenvalue weighted by Crippen LogP contribution is 2.38. The molecule has 8 rings (SSSR count). The second kappa shape index (κ2) is 15.3. The zero-order chi connectivity index (χ0) is 36.9. The van der Waals surface area contributed by atoms with E-state index in [-0.39, 0.29) is 5.41 Å². The van der Waals surface area contributed by atoms with Gasteiger partial charge in [-0.3, -0.25) is 0 Å². The summed E-state index contributed by atoms with van der Waals surface area (Å²) in [6, 6.07) is 61.5. The van der Waals surface area contributed by atoms with Gasteiger partial charge in [0, 0.05) is 34.1 Å². The first kappa shape index (κ1) is 34.7. The number of benzene rings is 7. The molecule has 0 aliphatic heterocycles. The molecule has 1 aliphatic carbocycles. The van der Waals surface area contributed by atoms with Crippen molar-refractivity contribution in [2.45, 2.75) is 39.0 Å². The molecule has 0 spiro atoms. The molecule has 0 saturated heterocycles. The molecule has 0 amide bonds. The molecule has 2 heteroatoms. The summed E-state index contributed by atoms with van der Waals surface area (Å²) in [7, 11) is 0. The van der Waals surface area contributed by atoms with Crippen LogP contribution in [0, 0.1) is 0 Å². The van der Waals surface area contributed by atoms with E-state index in [9.17, 15) is 0 Å². The van der Waals surface area contributed by atoms with Gasteiger partial charge >= 0.3 is 0 Å². The number of hydrogen-bond acceptors (Lipinski definition) is 2. The van der Waals surface area contributed by atoms with Crippen LogP contribution in [-0.2, 0) is 5.41 Å². The minimum atomic E-state index is 0.0977. The summed E-state index contributed by atoms with van der Waals surface area (Å²) in [4.78, 5) is 4.69. The predicted octanol–water partition coefficient (Wildman–Crippen LogP) is 14.8. The molecule has 1 aliphatic rings. The Labute approximate surface area is 320 Å². The molecule has 54 heavy (non-hydrogen) atoms. The third-order valence-electron chi connectivity index (χ3n) is 10.2. The van der Waals surface area contributed by atoms with Crippen molar-refractivity contribution in [2.24, 2.45) is 0 Å². The van der Waals surface area contributed by atoms with Crippen LogP contribution < -0.4 is 9.80 Å². The molecule has 0 heterocycles. The average molecular weight is 699 g/mol. The maximum absolute atomic E-state index is 2.35. The highest BCUT2D eigenvalue weighted by Gasteiger charge is 2.17. The lowest BCUT2D eigenvalue weighted by Crippen LogP contribution is -2.16. The Kier molecular flexibility index (Phi) is 9.83. The van der Waals surface area contributed by atoms with Crippen LogP contribution in [0.2, 0.25) is 0 Å². The molecule has 0 aromatic heterocycles. The van der Waals surface area contributed by atoms with Gasteiger partial charge in [-0.2, -0.15) is 0 Å². The summed E-state index contributed by atoms with van der Waals surface area (Å²) in [6.45, 7) is 6.78. The molecule has 0 atom stereocenters. The molecule has 7 aromatic carbocycles. The quantitative estimate of drug-likeness (QED) is 0.139. The van der Waals surface area contributed by atoms with E-state index in [1.165, 1.54) is 50.0 Å². The van der Waals surface area contributed by atoms with Crippen molar-refractivity contribution in [3.63, 3.8) is 0 Å². The smallest absolute Gasteiger partial charge is 0.0468 e. The van der Waals surface area contributed by atoms with Gasteiger partial charge in [0.2, 0.25) is 0 Å². The first-order valence-corrected chi connectivity index (χ1v) is 19.0. The van der Waals surface area contributed by atoms with E-state index >= 15 is 0 Å². The first-order valence-electron chi connectivity index (χ1n) is 19.0. The van der Waals surface area contributed by atoms with Gasteiger partial charge < -0.3 is 9.80 Å². The van der Waals surface area contributed by atoms with Gasteiger partial charge in [0.05, 0.1) is 0 Å². The number of nitrogens with zero attached hydrogens (tertiary/aromatic N) is 2. The molecule has 0 N–H and O–H groups in total. The van der Waals surface area contributed by atoms with E-state index in [2.05, 4.69) is 231 Å². The van der Waals surface area contributed by atoms with Crippen molar-refractivity contribution >= 4 is 51.4 Å². The summed E-state index contributed by atoms with van der Waals surface area (Å²) in [5, 5.41) is 2.47. The first-order chi connectivity index (χ1) is 26.4. The van der Waals surface area contributed by atoms with Crippen LogP contribution in [0.15, 0.2) is 194 Å². The van der Waals surface area contributed by atoms with E-state index in [1.807, 2.05) is 0 Å². The molecule has 0 bridgehead atoms. The number of rotatable bonds is 9. The van der Waals surface area contributed by atoms with Crippen molar-refractivity contribution in [2.75, 3.05) is 9.80 Å². The van der Waals surface area contributed by atoms with Crippen LogP contribution in [0.4, 0.5) is 28.4 Å². The van der Waals surface area contributed by atoms with Gasteiger partial charge in [0.15, 0.2) is 0 Å². The number of fused-ring (bicyclic) bond motifs is 1. The van der Waals surface area contributed by atoms with E-state index in [4.69, 9.17) is 0 Å². The van der Waals surface area contributed by atoms with Crippen molar-refractivity contribution in [1.29, 1.82) is 0 Å². The Balaban J connectivity index is 1.00. The summed E-state index contributed by atoms with van der Waals surface area (Å²) in [5.74, 6) is 0. The topological polar surface area (TPSA) is 6.48 Å². The molecule has 0 saturated carbocycles. The van der Waals surface area contributed by atoms with Crippen molar-refractivity contribution in [3.05, 3.63) is 210 Å². The zero-order valence-electron chi connectivity index (χ0n) is 31.4. The fourth-order valence-corrected chi connectivity index (χ4v) is 7.18. The molecular weight excluding hydrogens is 653 g/mol. The van der Waals surface area contributed by atoms with Crippen molar-refractivity contribution < 1.29 is 0 Å². The number of para-hydroxylation sites is 1. The van der Waals surface area contributed by atoms with E-state index in [0.29, 0.717) is 0 Å². The van der Waals surface area contributed by atoms with E-state index < -0.39 is 0 Å². The minimum absolute atomic E-state index is 0.0977. The lowest BCUT2D eigenvalue weighted by molar-refractivity contribution is 0.590. The van der Waals surface area contributed by atoms with Gasteiger partial charge in [-0.25, -0.2) is 0 Å². The van der Waals surface area contributed by atoms with E-state index in [1.54, 1.807) is 0 Å². The molecule has 0 fully saturated rings. The fourth-order valence-electron chi connectivity index (χ4n) is 7.18. The molecule has 7 aromatic rings. The monoisotopic (exact) mass is 698 g/mol. The summed E-state index contributed by atoms with van der Waals surface area (Å²) in [6.07, 6.45) is 13.4. The maximum atomic E-state index is 2.35. The van der Waals surface area contributed by atoms with Crippen LogP contribution >= 0.6 is 0 Å². The summed E-state index contributed by atoms with van der Waals surface area (Å²) >= 11 is 0. The third-order valence-corrected chi connectivity index (χ3v) is 10.2. The fraction of sp³-hybridized carbons (Fsp3) is 0.115. The van der Waals surface area contributed by atoms with Gasteiger partial charge in [0.1, 0.15) is 0 Å². The molecule has 2 nitrogen and oxygen atoms in total. The number of anilines is 5. The highest BCUT2D eigenvalue weighted by atomic mass is 15.1. The van der Waals surface area contributed by atoms with E-state index in [0.717, 1.165) is 35.6 Å². The lowest BCUT2D eigenvalue weighted by Gasteiger charge is -2.27. The molecule has 264 valence electrons. The Hall–Kier alpha value is -6.38. The van der Waals surface area contributed by atoms with Crippen LogP contribution in [0.5, 0.6) is 0 Å². The summed E-state index contributed by atoms with van der Waals surface area (Å²) < 4.78 is 0. The molecular formula is C52H46N2. The van der Waals surface area contributed by atoms with Gasteiger partial charge in [-0.1, -0.05) is 154 Å². The van der Waals surface area contributed by atoms with Crippen LogP contribution in [0.25, 0.3) is 34.1 Å². The van der Waals surface area contributed by atoms with Crippen LogP contribution in [0.1, 0.15) is 50.3 Å². The Morgan fingerprint density at radius 1 is 0.444 bits per heavy atom. The molecule has 0 radical (unpaired) electrons. The Bertz CT molecular complexity index is 2430. The maximum Gasteiger partial charge on any atom is 0.0468 e. The SMILES string of the molecule is CC(C)(C)c1ccc(N(c2ccc(-c3ccc(/C=C/c4ccc(N(C5=CCCC=C5)c5ccccc5)cc4)cc3)cc2)c2ccc3ccccc3c2)cc1. The minimum Gasteiger partial charge on any atom is -0.311 e. The van der Waals surface area contributed by atoms with Gasteiger partial charge in [-0.15, -0.1) is 0 Å². The van der Waals surface area contributed by atoms with Crippen LogP contribution in [-0.4, -0.2) is 0 Å². The standard InChI is InChI=1S/C52H46N2/c1-52(2,3)45-29-36-50(37-30-45)54(51-35-28-41-12-10-11-13-44(41)38-51)49-33-26-43(27-34-49)42-24-20-39(21-25-42)18-19-40-22-31-48(32-23-40)53(46-14-6-4-7-15-46)47-16-8-5-9-17-47/h4,6-8,10-38H,5,9H2,1-3H3/b19-18+. The lowest BCUT2D eigenvalue weighted by atomic mass is 9.87. The summed E-state index contributed by atoms with van der Waals surface area (Å²) in [5.41, 5.74) is 13.1. The van der Waals surface area contributed by atoms with Gasteiger partial charge in [0.25, 0.3) is 0 Å². The normalized spacial score (nSPS) is 12.9.